The molecule has 2 heterocycles. The van der Waals surface area contributed by atoms with Crippen molar-refractivity contribution in [3.05, 3.63) is 89.6 Å². The van der Waals surface area contributed by atoms with E-state index in [1.165, 1.54) is 53.5 Å². The maximum Gasteiger partial charge on any atom is 0.144 e. The molecular formula is C33H33NO. The van der Waals surface area contributed by atoms with Crippen LogP contribution in [-0.2, 0) is 0 Å². The topological polar surface area (TPSA) is 26.0 Å². The van der Waals surface area contributed by atoms with Crippen LogP contribution in [0, 0.1) is 19.3 Å². The SMILES string of the molecule is Cc1cc(C2CCC(C)(C)CC2)ccc1-c1cc(-c2cccc3c2oc2ccccc23)ncc1C. The van der Waals surface area contributed by atoms with Crippen molar-refractivity contribution in [3.8, 4) is 22.4 Å². The molecule has 5 aromatic rings. The molecule has 0 atom stereocenters. The molecule has 2 nitrogen and oxygen atoms in total. The van der Waals surface area contributed by atoms with E-state index >= 15 is 0 Å². The van der Waals surface area contributed by atoms with Gasteiger partial charge in [0.1, 0.15) is 11.2 Å². The van der Waals surface area contributed by atoms with Crippen molar-refractivity contribution in [3.63, 3.8) is 0 Å². The van der Waals surface area contributed by atoms with Gasteiger partial charge in [0.15, 0.2) is 0 Å². The molecule has 3 aromatic carbocycles. The van der Waals surface area contributed by atoms with E-state index in [-0.39, 0.29) is 0 Å². The van der Waals surface area contributed by atoms with Gasteiger partial charge >= 0.3 is 0 Å². The van der Waals surface area contributed by atoms with Gasteiger partial charge < -0.3 is 4.42 Å². The zero-order chi connectivity index (χ0) is 24.2. The largest absolute Gasteiger partial charge is 0.455 e. The van der Waals surface area contributed by atoms with E-state index in [0.717, 1.165) is 33.2 Å². The summed E-state index contributed by atoms with van der Waals surface area (Å²) in [4.78, 5) is 4.83. The highest BCUT2D eigenvalue weighted by molar-refractivity contribution is 6.09. The Hall–Kier alpha value is -3.39. The Morgan fingerprint density at radius 2 is 1.54 bits per heavy atom. The highest BCUT2D eigenvalue weighted by atomic mass is 16.3. The fourth-order valence-electron chi connectivity index (χ4n) is 5.89. The number of furan rings is 1. The lowest BCUT2D eigenvalue weighted by molar-refractivity contribution is 0.224. The fraction of sp³-hybridized carbons (Fsp3) is 0.303. The molecule has 6 rings (SSSR count). The highest BCUT2D eigenvalue weighted by Crippen LogP contribution is 2.43. The molecule has 0 N–H and O–H groups in total. The second-order valence-corrected chi connectivity index (χ2v) is 11.2. The molecule has 0 aliphatic heterocycles. The van der Waals surface area contributed by atoms with Gasteiger partial charge in [0.05, 0.1) is 5.69 Å². The van der Waals surface area contributed by atoms with Crippen LogP contribution < -0.4 is 0 Å². The number of hydrogen-bond donors (Lipinski definition) is 0. The second-order valence-electron chi connectivity index (χ2n) is 11.2. The number of fused-ring (bicyclic) bond motifs is 3. The lowest BCUT2D eigenvalue weighted by Crippen LogP contribution is -2.20. The quantitative estimate of drug-likeness (QED) is 0.268. The second kappa shape index (κ2) is 8.37. The number of aromatic nitrogens is 1. The van der Waals surface area contributed by atoms with Gasteiger partial charge in [0.25, 0.3) is 0 Å². The molecule has 176 valence electrons. The predicted octanol–water partition coefficient (Wildman–Crippen LogP) is 9.62. The Bertz CT molecular complexity index is 1540. The van der Waals surface area contributed by atoms with Gasteiger partial charge in [-0.25, -0.2) is 0 Å². The van der Waals surface area contributed by atoms with Crippen molar-refractivity contribution < 1.29 is 4.42 Å². The average molecular weight is 460 g/mol. The molecule has 1 aliphatic rings. The van der Waals surface area contributed by atoms with Crippen molar-refractivity contribution in [1.82, 2.24) is 4.98 Å². The number of nitrogens with zero attached hydrogens (tertiary/aromatic N) is 1. The summed E-state index contributed by atoms with van der Waals surface area (Å²) in [5, 5.41) is 2.28. The van der Waals surface area contributed by atoms with Gasteiger partial charge in [-0.1, -0.05) is 62.4 Å². The van der Waals surface area contributed by atoms with Crippen LogP contribution in [0.25, 0.3) is 44.3 Å². The normalized spacial score (nSPS) is 16.2. The van der Waals surface area contributed by atoms with Crippen molar-refractivity contribution in [1.29, 1.82) is 0 Å². The minimum absolute atomic E-state index is 0.499. The Kier molecular flexibility index (Phi) is 5.29. The van der Waals surface area contributed by atoms with Crippen LogP contribution in [0.5, 0.6) is 0 Å². The predicted molar refractivity (Wildman–Crippen MR) is 147 cm³/mol. The molecule has 0 amide bonds. The number of rotatable bonds is 3. The molecule has 0 bridgehead atoms. The maximum atomic E-state index is 6.30. The fourth-order valence-corrected chi connectivity index (χ4v) is 5.89. The van der Waals surface area contributed by atoms with Gasteiger partial charge in [-0.15, -0.1) is 0 Å². The average Bonchev–Trinajstić information content (AvgIpc) is 3.24. The molecule has 2 heteroatoms. The molecule has 0 saturated heterocycles. The summed E-state index contributed by atoms with van der Waals surface area (Å²) in [6.45, 7) is 9.23. The van der Waals surface area contributed by atoms with Crippen LogP contribution in [-0.4, -0.2) is 4.98 Å². The molecule has 0 unspecified atom stereocenters. The molecule has 35 heavy (non-hydrogen) atoms. The summed E-state index contributed by atoms with van der Waals surface area (Å²) in [5.41, 5.74) is 10.9. The third-order valence-electron chi connectivity index (χ3n) is 8.13. The molecule has 1 fully saturated rings. The summed E-state index contributed by atoms with van der Waals surface area (Å²) >= 11 is 0. The molecular weight excluding hydrogens is 426 g/mol. The minimum atomic E-state index is 0.499. The van der Waals surface area contributed by atoms with Crippen LogP contribution in [0.3, 0.4) is 0 Å². The van der Waals surface area contributed by atoms with E-state index in [1.54, 1.807) is 0 Å². The van der Waals surface area contributed by atoms with Crippen LogP contribution >= 0.6 is 0 Å². The Balaban J connectivity index is 1.39. The van der Waals surface area contributed by atoms with E-state index < -0.39 is 0 Å². The van der Waals surface area contributed by atoms with Crippen LogP contribution in [0.2, 0.25) is 0 Å². The lowest BCUT2D eigenvalue weighted by Gasteiger charge is -2.34. The zero-order valence-corrected chi connectivity index (χ0v) is 21.2. The lowest BCUT2D eigenvalue weighted by atomic mass is 9.71. The summed E-state index contributed by atoms with van der Waals surface area (Å²) in [6, 6.07) is 24.0. The third-order valence-corrected chi connectivity index (χ3v) is 8.13. The number of benzene rings is 3. The zero-order valence-electron chi connectivity index (χ0n) is 21.2. The van der Waals surface area contributed by atoms with Gasteiger partial charge in [-0.3, -0.25) is 4.98 Å². The first-order valence-electron chi connectivity index (χ1n) is 12.9. The number of pyridine rings is 1. The molecule has 1 saturated carbocycles. The number of aryl methyl sites for hydroxylation is 2. The molecule has 1 aliphatic carbocycles. The highest BCUT2D eigenvalue weighted by Gasteiger charge is 2.27. The third kappa shape index (κ3) is 3.95. The van der Waals surface area contributed by atoms with E-state index in [9.17, 15) is 0 Å². The summed E-state index contributed by atoms with van der Waals surface area (Å²) in [6.07, 6.45) is 7.23. The number of para-hydroxylation sites is 2. The van der Waals surface area contributed by atoms with Crippen molar-refractivity contribution in [2.24, 2.45) is 5.41 Å². The first-order valence-corrected chi connectivity index (χ1v) is 12.9. The van der Waals surface area contributed by atoms with E-state index in [4.69, 9.17) is 9.40 Å². The van der Waals surface area contributed by atoms with Gasteiger partial charge in [0, 0.05) is 22.5 Å². The van der Waals surface area contributed by atoms with Crippen molar-refractivity contribution >= 4 is 21.9 Å². The Labute approximate surface area is 208 Å². The van der Waals surface area contributed by atoms with Gasteiger partial charge in [0.2, 0.25) is 0 Å². The summed E-state index contributed by atoms with van der Waals surface area (Å²) < 4.78 is 6.30. The van der Waals surface area contributed by atoms with E-state index in [2.05, 4.69) is 82.3 Å². The van der Waals surface area contributed by atoms with Crippen LogP contribution in [0.4, 0.5) is 0 Å². The summed E-state index contributed by atoms with van der Waals surface area (Å²) in [5.74, 6) is 0.690. The van der Waals surface area contributed by atoms with Gasteiger partial charge in [-0.05, 0) is 96.9 Å². The first kappa shape index (κ1) is 22.1. The monoisotopic (exact) mass is 459 g/mol. The van der Waals surface area contributed by atoms with Crippen LogP contribution in [0.1, 0.15) is 62.1 Å². The van der Waals surface area contributed by atoms with Crippen molar-refractivity contribution in [2.75, 3.05) is 0 Å². The van der Waals surface area contributed by atoms with E-state index in [1.807, 2.05) is 18.3 Å². The molecule has 2 aromatic heterocycles. The standard InChI is InChI=1S/C33H33NO/c1-21-18-24(23-14-16-33(3,4)17-15-23)12-13-25(21)29-19-30(34-20-22(29)2)28-10-7-9-27-26-8-5-6-11-31(26)35-32(27)28/h5-13,18-20,23H,14-17H2,1-4H3. The molecule has 0 radical (unpaired) electrons. The van der Waals surface area contributed by atoms with E-state index in [0.29, 0.717) is 11.3 Å². The smallest absolute Gasteiger partial charge is 0.144 e. The van der Waals surface area contributed by atoms with Crippen molar-refractivity contribution in [2.45, 2.75) is 59.3 Å². The van der Waals surface area contributed by atoms with Crippen LogP contribution in [0.15, 0.2) is 77.3 Å². The minimum Gasteiger partial charge on any atom is -0.455 e. The van der Waals surface area contributed by atoms with Gasteiger partial charge in [-0.2, -0.15) is 0 Å². The summed E-state index contributed by atoms with van der Waals surface area (Å²) in [7, 11) is 0. The maximum absolute atomic E-state index is 6.30. The number of hydrogen-bond acceptors (Lipinski definition) is 2. The first-order chi connectivity index (χ1) is 16.9. The Morgan fingerprint density at radius 1 is 0.771 bits per heavy atom. The molecule has 0 spiro atoms. The Morgan fingerprint density at radius 3 is 2.34 bits per heavy atom.